The van der Waals surface area contributed by atoms with Crippen LogP contribution < -0.4 is 0 Å². The highest BCUT2D eigenvalue weighted by Gasteiger charge is 2.04. The van der Waals surface area contributed by atoms with Crippen LogP contribution in [0.2, 0.25) is 5.02 Å². The zero-order chi connectivity index (χ0) is 9.84. The molecule has 0 atom stereocenters. The fraction of sp³-hybridized carbons (Fsp3) is 0.222. The van der Waals surface area contributed by atoms with Gasteiger partial charge in [-0.15, -0.1) is 0 Å². The van der Waals surface area contributed by atoms with Crippen LogP contribution >= 0.6 is 23.4 Å². The molecule has 1 rings (SSSR count). The molecule has 0 aromatic heterocycles. The average molecular weight is 218 g/mol. The predicted molar refractivity (Wildman–Crippen MR) is 53.5 cm³/mol. The Balaban J connectivity index is 2.64. The standard InChI is InChI=1S/C9H9Cl2NO/c1-7(13)12(11)6-8-2-4-9(10)5-3-8/h2-5H,6H2,1H3. The summed E-state index contributed by atoms with van der Waals surface area (Å²) in [6, 6.07) is 7.20. The number of carbonyl (C=O) groups is 1. The van der Waals surface area contributed by atoms with E-state index in [-0.39, 0.29) is 5.91 Å². The minimum absolute atomic E-state index is 0.170. The molecular formula is C9H9Cl2NO. The Labute approximate surface area is 87.2 Å². The van der Waals surface area contributed by atoms with Crippen LogP contribution in [0, 0.1) is 0 Å². The van der Waals surface area contributed by atoms with Gasteiger partial charge in [-0.3, -0.25) is 9.21 Å². The Kier molecular flexibility index (Phi) is 3.58. The fourth-order valence-electron chi connectivity index (χ4n) is 0.861. The van der Waals surface area contributed by atoms with Crippen molar-refractivity contribution in [2.75, 3.05) is 0 Å². The highest BCUT2D eigenvalue weighted by molar-refractivity contribution is 6.30. The fourth-order valence-corrected chi connectivity index (χ4v) is 1.13. The van der Waals surface area contributed by atoms with Gasteiger partial charge in [-0.1, -0.05) is 23.7 Å². The van der Waals surface area contributed by atoms with E-state index >= 15 is 0 Å². The summed E-state index contributed by atoms with van der Waals surface area (Å²) in [5, 5.41) is 0.674. The van der Waals surface area contributed by atoms with Crippen molar-refractivity contribution in [3.8, 4) is 0 Å². The lowest BCUT2D eigenvalue weighted by Gasteiger charge is -2.10. The van der Waals surface area contributed by atoms with Crippen LogP contribution in [0.3, 0.4) is 0 Å². The molecule has 13 heavy (non-hydrogen) atoms. The molecule has 0 N–H and O–H groups in total. The Morgan fingerprint density at radius 3 is 2.38 bits per heavy atom. The summed E-state index contributed by atoms with van der Waals surface area (Å²) in [6.07, 6.45) is 0. The first kappa shape index (κ1) is 10.4. The molecule has 1 aromatic rings. The summed E-state index contributed by atoms with van der Waals surface area (Å²) in [7, 11) is 0. The zero-order valence-electron chi connectivity index (χ0n) is 7.13. The lowest BCUT2D eigenvalue weighted by Crippen LogP contribution is -2.17. The second-order valence-electron chi connectivity index (χ2n) is 2.67. The normalized spacial score (nSPS) is 9.77. The second kappa shape index (κ2) is 4.49. The molecule has 0 aliphatic carbocycles. The minimum atomic E-state index is -0.170. The maximum atomic E-state index is 10.8. The van der Waals surface area contributed by atoms with Gasteiger partial charge in [0.2, 0.25) is 5.91 Å². The van der Waals surface area contributed by atoms with E-state index in [9.17, 15) is 4.79 Å². The van der Waals surface area contributed by atoms with Crippen molar-refractivity contribution in [3.05, 3.63) is 34.9 Å². The van der Waals surface area contributed by atoms with Crippen molar-refractivity contribution in [1.82, 2.24) is 4.42 Å². The van der Waals surface area contributed by atoms with Gasteiger partial charge in [0.1, 0.15) is 0 Å². The lowest BCUT2D eigenvalue weighted by molar-refractivity contribution is -0.124. The van der Waals surface area contributed by atoms with E-state index < -0.39 is 0 Å². The first-order chi connectivity index (χ1) is 6.09. The van der Waals surface area contributed by atoms with E-state index in [1.54, 1.807) is 12.1 Å². The molecule has 0 aliphatic heterocycles. The maximum Gasteiger partial charge on any atom is 0.234 e. The van der Waals surface area contributed by atoms with Crippen LogP contribution in [0.25, 0.3) is 0 Å². The molecule has 0 heterocycles. The third-order valence-electron chi connectivity index (χ3n) is 1.58. The number of benzene rings is 1. The van der Waals surface area contributed by atoms with E-state index in [1.165, 1.54) is 6.92 Å². The third kappa shape index (κ3) is 3.25. The number of hydrogen-bond acceptors (Lipinski definition) is 1. The van der Waals surface area contributed by atoms with Crippen LogP contribution in [0.4, 0.5) is 0 Å². The lowest BCUT2D eigenvalue weighted by atomic mass is 10.2. The number of amides is 1. The first-order valence-corrected chi connectivity index (χ1v) is 4.49. The average Bonchev–Trinajstić information content (AvgIpc) is 2.08. The molecule has 0 bridgehead atoms. The number of hydrogen-bond donors (Lipinski definition) is 0. The molecule has 0 unspecified atom stereocenters. The molecule has 4 heteroatoms. The Morgan fingerprint density at radius 2 is 1.92 bits per heavy atom. The van der Waals surface area contributed by atoms with Crippen molar-refractivity contribution in [1.29, 1.82) is 0 Å². The number of nitrogens with zero attached hydrogens (tertiary/aromatic N) is 1. The minimum Gasteiger partial charge on any atom is -0.274 e. The first-order valence-electron chi connectivity index (χ1n) is 3.78. The summed E-state index contributed by atoms with van der Waals surface area (Å²) in [5.74, 6) is -0.170. The van der Waals surface area contributed by atoms with E-state index in [1.807, 2.05) is 12.1 Å². The quantitative estimate of drug-likeness (QED) is 0.699. The van der Waals surface area contributed by atoms with E-state index in [0.717, 1.165) is 9.98 Å². The molecule has 0 saturated carbocycles. The highest BCUT2D eigenvalue weighted by Crippen LogP contribution is 2.12. The smallest absolute Gasteiger partial charge is 0.234 e. The molecule has 0 fully saturated rings. The van der Waals surface area contributed by atoms with Crippen molar-refractivity contribution in [3.63, 3.8) is 0 Å². The van der Waals surface area contributed by atoms with Crippen LogP contribution in [0.1, 0.15) is 12.5 Å². The van der Waals surface area contributed by atoms with Gasteiger partial charge >= 0.3 is 0 Å². The van der Waals surface area contributed by atoms with E-state index in [4.69, 9.17) is 23.4 Å². The molecule has 0 saturated heterocycles. The molecule has 1 amide bonds. The van der Waals surface area contributed by atoms with Gasteiger partial charge in [0, 0.05) is 23.7 Å². The van der Waals surface area contributed by atoms with Crippen LogP contribution in [-0.4, -0.2) is 10.3 Å². The Hall–Kier alpha value is -0.730. The van der Waals surface area contributed by atoms with E-state index in [0.29, 0.717) is 11.6 Å². The van der Waals surface area contributed by atoms with Crippen LogP contribution in [0.15, 0.2) is 24.3 Å². The van der Waals surface area contributed by atoms with Gasteiger partial charge < -0.3 is 0 Å². The summed E-state index contributed by atoms with van der Waals surface area (Å²) >= 11 is 11.3. The molecule has 0 radical (unpaired) electrons. The monoisotopic (exact) mass is 217 g/mol. The number of carbonyl (C=O) groups excluding carboxylic acids is 1. The summed E-state index contributed by atoms with van der Waals surface area (Å²) < 4.78 is 1.13. The van der Waals surface area contributed by atoms with Crippen molar-refractivity contribution in [2.45, 2.75) is 13.5 Å². The van der Waals surface area contributed by atoms with Crippen molar-refractivity contribution >= 4 is 29.3 Å². The summed E-state index contributed by atoms with van der Waals surface area (Å²) in [6.45, 7) is 1.82. The second-order valence-corrected chi connectivity index (χ2v) is 3.51. The van der Waals surface area contributed by atoms with Gasteiger partial charge in [-0.25, -0.2) is 0 Å². The third-order valence-corrected chi connectivity index (χ3v) is 2.19. The summed E-state index contributed by atoms with van der Waals surface area (Å²) in [4.78, 5) is 10.8. The molecule has 1 aromatic carbocycles. The van der Waals surface area contributed by atoms with Crippen molar-refractivity contribution < 1.29 is 4.79 Å². The Bertz CT molecular complexity index is 297. The SMILES string of the molecule is CC(=O)N(Cl)Cc1ccc(Cl)cc1. The topological polar surface area (TPSA) is 20.3 Å². The van der Waals surface area contributed by atoms with Gasteiger partial charge in [0.05, 0.1) is 6.54 Å². The van der Waals surface area contributed by atoms with E-state index in [2.05, 4.69) is 0 Å². The maximum absolute atomic E-state index is 10.8. The van der Waals surface area contributed by atoms with Gasteiger partial charge in [0.25, 0.3) is 0 Å². The number of halogens is 2. The molecule has 2 nitrogen and oxygen atoms in total. The molecule has 0 spiro atoms. The highest BCUT2D eigenvalue weighted by atomic mass is 35.5. The van der Waals surface area contributed by atoms with Crippen LogP contribution in [0.5, 0.6) is 0 Å². The van der Waals surface area contributed by atoms with Gasteiger partial charge in [-0.2, -0.15) is 0 Å². The summed E-state index contributed by atoms with van der Waals surface area (Å²) in [5.41, 5.74) is 0.953. The molecule has 70 valence electrons. The largest absolute Gasteiger partial charge is 0.274 e. The Morgan fingerprint density at radius 1 is 1.38 bits per heavy atom. The van der Waals surface area contributed by atoms with Gasteiger partial charge in [-0.05, 0) is 17.7 Å². The predicted octanol–water partition coefficient (Wildman–Crippen LogP) is 2.84. The molecular weight excluding hydrogens is 209 g/mol. The zero-order valence-corrected chi connectivity index (χ0v) is 8.64. The number of rotatable bonds is 2. The van der Waals surface area contributed by atoms with Crippen LogP contribution in [-0.2, 0) is 11.3 Å². The van der Waals surface area contributed by atoms with Gasteiger partial charge in [0.15, 0.2) is 0 Å². The molecule has 0 aliphatic rings. The van der Waals surface area contributed by atoms with Crippen molar-refractivity contribution in [2.24, 2.45) is 0 Å².